The van der Waals surface area contributed by atoms with Gasteiger partial charge in [0, 0.05) is 5.69 Å². The van der Waals surface area contributed by atoms with Crippen molar-refractivity contribution in [1.29, 1.82) is 5.26 Å². The van der Waals surface area contributed by atoms with Crippen molar-refractivity contribution in [1.82, 2.24) is 0 Å². The predicted octanol–water partition coefficient (Wildman–Crippen LogP) is 2.87. The molecule has 3 N–H and O–H groups in total. The summed E-state index contributed by atoms with van der Waals surface area (Å²) in [6, 6.07) is 13.3. The number of nitrogens with two attached hydrogens (primary N) is 1. The van der Waals surface area contributed by atoms with Crippen LogP contribution in [0.2, 0.25) is 0 Å². The number of anilines is 2. The molecule has 1 atom stereocenters. The zero-order valence-corrected chi connectivity index (χ0v) is 13.6. The van der Waals surface area contributed by atoms with Crippen LogP contribution in [0.5, 0.6) is 5.75 Å². The summed E-state index contributed by atoms with van der Waals surface area (Å²) in [6.07, 6.45) is 0. The third-order valence-corrected chi connectivity index (χ3v) is 3.43. The first-order valence-electron chi connectivity index (χ1n) is 7.45. The van der Waals surface area contributed by atoms with Crippen molar-refractivity contribution in [3.8, 4) is 11.8 Å². The Morgan fingerprint density at radius 1 is 1.29 bits per heavy atom. The van der Waals surface area contributed by atoms with Crippen LogP contribution >= 0.6 is 0 Å². The van der Waals surface area contributed by atoms with E-state index in [0.717, 1.165) is 0 Å². The summed E-state index contributed by atoms with van der Waals surface area (Å²) >= 11 is 0. The number of methoxy groups -OCH3 is 1. The van der Waals surface area contributed by atoms with E-state index in [1.54, 1.807) is 42.5 Å². The SMILES string of the molecule is CCOc1cc(C(Nc2ccc(C#N)cc2)C(=O)OC)ccc1N. The van der Waals surface area contributed by atoms with Gasteiger partial charge in [-0.15, -0.1) is 0 Å². The topological polar surface area (TPSA) is 97.4 Å². The second-order valence-electron chi connectivity index (χ2n) is 5.02. The Morgan fingerprint density at radius 2 is 2.00 bits per heavy atom. The summed E-state index contributed by atoms with van der Waals surface area (Å²) < 4.78 is 10.4. The molecule has 124 valence electrons. The fourth-order valence-corrected chi connectivity index (χ4v) is 2.21. The van der Waals surface area contributed by atoms with Crippen LogP contribution in [0.4, 0.5) is 11.4 Å². The van der Waals surface area contributed by atoms with Crippen molar-refractivity contribution in [2.24, 2.45) is 0 Å². The molecule has 0 heterocycles. The van der Waals surface area contributed by atoms with Crippen LogP contribution in [0.25, 0.3) is 0 Å². The number of nitrogens with zero attached hydrogens (tertiary/aromatic N) is 1. The van der Waals surface area contributed by atoms with E-state index in [2.05, 4.69) is 11.4 Å². The number of benzene rings is 2. The molecule has 6 heteroatoms. The van der Waals surface area contributed by atoms with Gasteiger partial charge in [-0.2, -0.15) is 5.26 Å². The minimum atomic E-state index is -0.720. The second kappa shape index (κ2) is 7.88. The molecule has 0 aromatic heterocycles. The van der Waals surface area contributed by atoms with Gasteiger partial charge in [-0.05, 0) is 48.9 Å². The summed E-state index contributed by atoms with van der Waals surface area (Å²) in [5, 5.41) is 12.0. The van der Waals surface area contributed by atoms with Gasteiger partial charge in [-0.1, -0.05) is 6.07 Å². The smallest absolute Gasteiger partial charge is 0.332 e. The van der Waals surface area contributed by atoms with Gasteiger partial charge in [0.25, 0.3) is 0 Å². The lowest BCUT2D eigenvalue weighted by Crippen LogP contribution is -2.22. The highest BCUT2D eigenvalue weighted by Gasteiger charge is 2.22. The summed E-state index contributed by atoms with van der Waals surface area (Å²) in [7, 11) is 1.33. The zero-order chi connectivity index (χ0) is 17.5. The molecule has 6 nitrogen and oxygen atoms in total. The number of ether oxygens (including phenoxy) is 2. The first kappa shape index (κ1) is 17.2. The van der Waals surface area contributed by atoms with Crippen molar-refractivity contribution in [2.45, 2.75) is 13.0 Å². The number of hydrogen-bond donors (Lipinski definition) is 2. The molecule has 2 aromatic rings. The number of nitrogens with one attached hydrogen (secondary N) is 1. The molecule has 0 spiro atoms. The largest absolute Gasteiger partial charge is 0.492 e. The van der Waals surface area contributed by atoms with E-state index in [9.17, 15) is 4.79 Å². The molecule has 0 bridgehead atoms. The van der Waals surface area contributed by atoms with Crippen molar-refractivity contribution < 1.29 is 14.3 Å². The van der Waals surface area contributed by atoms with Gasteiger partial charge in [-0.25, -0.2) is 4.79 Å². The van der Waals surface area contributed by atoms with Gasteiger partial charge in [0.2, 0.25) is 0 Å². The Hall–Kier alpha value is -3.20. The van der Waals surface area contributed by atoms with Crippen LogP contribution in [0, 0.1) is 11.3 Å². The van der Waals surface area contributed by atoms with Crippen molar-refractivity contribution in [3.63, 3.8) is 0 Å². The molecular formula is C18H19N3O3. The van der Waals surface area contributed by atoms with Crippen LogP contribution in [0.1, 0.15) is 24.1 Å². The predicted molar refractivity (Wildman–Crippen MR) is 91.6 cm³/mol. The molecule has 0 saturated heterocycles. The van der Waals surface area contributed by atoms with Gasteiger partial charge in [0.15, 0.2) is 6.04 Å². The fraction of sp³-hybridized carbons (Fsp3) is 0.222. The minimum Gasteiger partial charge on any atom is -0.492 e. The average Bonchev–Trinajstić information content (AvgIpc) is 2.62. The monoisotopic (exact) mass is 325 g/mol. The first-order valence-corrected chi connectivity index (χ1v) is 7.45. The second-order valence-corrected chi connectivity index (χ2v) is 5.02. The number of rotatable bonds is 6. The Balaban J connectivity index is 2.33. The summed E-state index contributed by atoms with van der Waals surface area (Å²) in [5.41, 5.74) is 8.29. The van der Waals surface area contributed by atoms with Gasteiger partial charge in [0.05, 0.1) is 31.0 Å². The highest BCUT2D eigenvalue weighted by Crippen LogP contribution is 2.28. The summed E-state index contributed by atoms with van der Waals surface area (Å²) in [6.45, 7) is 2.33. The van der Waals surface area contributed by atoms with E-state index in [-0.39, 0.29) is 0 Å². The average molecular weight is 325 g/mol. The van der Waals surface area contributed by atoms with E-state index < -0.39 is 12.0 Å². The quantitative estimate of drug-likeness (QED) is 0.626. The highest BCUT2D eigenvalue weighted by atomic mass is 16.5. The molecule has 0 saturated carbocycles. The van der Waals surface area contributed by atoms with Gasteiger partial charge in [0.1, 0.15) is 5.75 Å². The highest BCUT2D eigenvalue weighted by molar-refractivity contribution is 5.81. The van der Waals surface area contributed by atoms with E-state index in [1.807, 2.05) is 6.92 Å². The maximum Gasteiger partial charge on any atom is 0.332 e. The maximum atomic E-state index is 12.2. The van der Waals surface area contributed by atoms with Crippen LogP contribution in [0.3, 0.4) is 0 Å². The lowest BCUT2D eigenvalue weighted by Gasteiger charge is -2.19. The molecule has 0 aliphatic rings. The Bertz CT molecular complexity index is 751. The Labute approximate surface area is 140 Å². The van der Waals surface area contributed by atoms with Crippen LogP contribution < -0.4 is 15.8 Å². The van der Waals surface area contributed by atoms with Crippen LogP contribution in [-0.4, -0.2) is 19.7 Å². The molecule has 0 fully saturated rings. The zero-order valence-electron chi connectivity index (χ0n) is 13.6. The van der Waals surface area contributed by atoms with Gasteiger partial charge >= 0.3 is 5.97 Å². The molecular weight excluding hydrogens is 306 g/mol. The van der Waals surface area contributed by atoms with Gasteiger partial charge < -0.3 is 20.5 Å². The van der Waals surface area contributed by atoms with Crippen molar-refractivity contribution >= 4 is 17.3 Å². The number of carbonyl (C=O) groups is 1. The van der Waals surface area contributed by atoms with Crippen molar-refractivity contribution in [2.75, 3.05) is 24.8 Å². The molecule has 24 heavy (non-hydrogen) atoms. The maximum absolute atomic E-state index is 12.2. The molecule has 0 aliphatic heterocycles. The number of nitrogen functional groups attached to an aromatic ring is 1. The Morgan fingerprint density at radius 3 is 2.58 bits per heavy atom. The fourth-order valence-electron chi connectivity index (χ4n) is 2.21. The Kier molecular flexibility index (Phi) is 5.63. The third kappa shape index (κ3) is 3.96. The van der Waals surface area contributed by atoms with E-state index in [0.29, 0.717) is 34.9 Å². The minimum absolute atomic E-state index is 0.438. The molecule has 0 aliphatic carbocycles. The molecule has 1 unspecified atom stereocenters. The molecule has 2 rings (SSSR count). The normalized spacial score (nSPS) is 11.2. The van der Waals surface area contributed by atoms with E-state index >= 15 is 0 Å². The summed E-state index contributed by atoms with van der Waals surface area (Å²) in [4.78, 5) is 12.2. The number of esters is 1. The summed E-state index contributed by atoms with van der Waals surface area (Å²) in [5.74, 6) is 0.0807. The number of nitriles is 1. The number of hydrogen-bond acceptors (Lipinski definition) is 6. The molecule has 2 aromatic carbocycles. The van der Waals surface area contributed by atoms with Crippen molar-refractivity contribution in [3.05, 3.63) is 53.6 Å². The standard InChI is InChI=1S/C18H19N3O3/c1-3-24-16-10-13(6-9-15(16)20)17(18(22)23-2)21-14-7-4-12(11-19)5-8-14/h4-10,17,21H,3,20H2,1-2H3. The van der Waals surface area contributed by atoms with E-state index in [4.69, 9.17) is 20.5 Å². The lowest BCUT2D eigenvalue weighted by atomic mass is 10.0. The number of carbonyl (C=O) groups excluding carboxylic acids is 1. The van der Waals surface area contributed by atoms with Crippen LogP contribution in [-0.2, 0) is 9.53 Å². The molecule has 0 radical (unpaired) electrons. The van der Waals surface area contributed by atoms with E-state index in [1.165, 1.54) is 7.11 Å². The van der Waals surface area contributed by atoms with Gasteiger partial charge in [-0.3, -0.25) is 0 Å². The first-order chi connectivity index (χ1) is 11.6. The molecule has 0 amide bonds. The third-order valence-electron chi connectivity index (χ3n) is 3.43. The van der Waals surface area contributed by atoms with Crippen LogP contribution in [0.15, 0.2) is 42.5 Å². The lowest BCUT2D eigenvalue weighted by molar-refractivity contribution is -0.141.